The van der Waals surface area contributed by atoms with Crippen LogP contribution in [0, 0.1) is 0 Å². The van der Waals surface area contributed by atoms with E-state index in [4.69, 9.17) is 0 Å². The highest BCUT2D eigenvalue weighted by Crippen LogP contribution is 2.18. The third kappa shape index (κ3) is 3.45. The van der Waals surface area contributed by atoms with Crippen LogP contribution in [0.1, 0.15) is 33.6 Å². The molecule has 5 heteroatoms. The van der Waals surface area contributed by atoms with Crippen molar-refractivity contribution in [2.75, 3.05) is 12.8 Å². The van der Waals surface area contributed by atoms with Crippen LogP contribution in [0.5, 0.6) is 0 Å². The van der Waals surface area contributed by atoms with Gasteiger partial charge in [0.1, 0.15) is 0 Å². The number of nitrogens with one attached hydrogen (secondary N) is 1. The van der Waals surface area contributed by atoms with Crippen molar-refractivity contribution in [1.82, 2.24) is 10.2 Å². The Kier molecular flexibility index (Phi) is 5.46. The molecule has 17 heavy (non-hydrogen) atoms. The van der Waals surface area contributed by atoms with Crippen molar-refractivity contribution in [3.05, 3.63) is 0 Å². The van der Waals surface area contributed by atoms with Crippen molar-refractivity contribution in [1.29, 1.82) is 0 Å². The second-order valence-electron chi connectivity index (χ2n) is 4.57. The van der Waals surface area contributed by atoms with Gasteiger partial charge in [-0.1, -0.05) is 13.8 Å². The molecule has 0 spiro atoms. The first-order valence-corrected chi connectivity index (χ1v) is 7.42. The van der Waals surface area contributed by atoms with E-state index >= 15 is 0 Å². The maximum atomic E-state index is 12.1. The maximum Gasteiger partial charge on any atom is 0.247 e. The minimum Gasteiger partial charge on any atom is -0.304 e. The number of amides is 2. The average molecular weight is 258 g/mol. The summed E-state index contributed by atoms with van der Waals surface area (Å²) in [5.41, 5.74) is 0. The molecule has 0 aromatic carbocycles. The Labute approximate surface area is 108 Å². The van der Waals surface area contributed by atoms with Gasteiger partial charge in [0.05, 0.1) is 12.5 Å². The first-order chi connectivity index (χ1) is 8.01. The fraction of sp³-hybridized carbons (Fsp3) is 0.833. The van der Waals surface area contributed by atoms with Crippen molar-refractivity contribution >= 4 is 23.6 Å². The van der Waals surface area contributed by atoms with Crippen LogP contribution in [-0.4, -0.2) is 46.8 Å². The molecule has 4 nitrogen and oxygen atoms in total. The van der Waals surface area contributed by atoms with E-state index in [0.29, 0.717) is 11.7 Å². The molecule has 0 saturated carbocycles. The summed E-state index contributed by atoms with van der Waals surface area (Å²) < 4.78 is 0. The molecule has 0 bridgehead atoms. The molecule has 0 aromatic rings. The molecule has 3 unspecified atom stereocenters. The van der Waals surface area contributed by atoms with Crippen molar-refractivity contribution in [2.45, 2.75) is 50.9 Å². The third-order valence-electron chi connectivity index (χ3n) is 3.27. The molecule has 1 aliphatic heterocycles. The van der Waals surface area contributed by atoms with Gasteiger partial charge in [-0.05, 0) is 19.6 Å². The Morgan fingerprint density at radius 1 is 1.47 bits per heavy atom. The average Bonchev–Trinajstić information content (AvgIpc) is 2.60. The molecule has 3 atom stereocenters. The van der Waals surface area contributed by atoms with Gasteiger partial charge >= 0.3 is 0 Å². The highest BCUT2D eigenvalue weighted by atomic mass is 32.2. The van der Waals surface area contributed by atoms with E-state index in [1.54, 1.807) is 11.8 Å². The number of nitrogens with zero attached hydrogens (tertiary/aromatic N) is 1. The highest BCUT2D eigenvalue weighted by Gasteiger charge is 2.40. The molecular formula is C12H22N2O2S. The van der Waals surface area contributed by atoms with Crippen LogP contribution in [0.4, 0.5) is 0 Å². The normalized spacial score (nSPS) is 24.2. The summed E-state index contributed by atoms with van der Waals surface area (Å²) in [7, 11) is 0. The SMILES string of the molecule is CCC(C)N1C(=O)CC(NCC(C)SC)C1=O. The van der Waals surface area contributed by atoms with E-state index in [2.05, 4.69) is 12.2 Å². The van der Waals surface area contributed by atoms with Crippen molar-refractivity contribution in [3.8, 4) is 0 Å². The fourth-order valence-corrected chi connectivity index (χ4v) is 2.11. The summed E-state index contributed by atoms with van der Waals surface area (Å²) in [5.74, 6) is -0.101. The topological polar surface area (TPSA) is 49.4 Å². The number of carbonyl (C=O) groups is 2. The summed E-state index contributed by atoms with van der Waals surface area (Å²) in [6.45, 7) is 6.77. The monoisotopic (exact) mass is 258 g/mol. The predicted octanol–water partition coefficient (Wildman–Crippen LogP) is 1.25. The van der Waals surface area contributed by atoms with Gasteiger partial charge in [-0.25, -0.2) is 0 Å². The lowest BCUT2D eigenvalue weighted by Gasteiger charge is -2.22. The molecule has 0 radical (unpaired) electrons. The molecule has 1 aliphatic rings. The molecular weight excluding hydrogens is 236 g/mol. The van der Waals surface area contributed by atoms with E-state index in [1.807, 2.05) is 20.1 Å². The lowest BCUT2D eigenvalue weighted by Crippen LogP contribution is -2.43. The molecule has 1 N–H and O–H groups in total. The van der Waals surface area contributed by atoms with Crippen LogP contribution in [0.15, 0.2) is 0 Å². The lowest BCUT2D eigenvalue weighted by atomic mass is 10.2. The van der Waals surface area contributed by atoms with Gasteiger partial charge in [0.2, 0.25) is 11.8 Å². The van der Waals surface area contributed by atoms with E-state index in [1.165, 1.54) is 4.90 Å². The number of carbonyl (C=O) groups excluding carboxylic acids is 2. The minimum absolute atomic E-state index is 0.0137. The number of hydrogen-bond acceptors (Lipinski definition) is 4. The zero-order chi connectivity index (χ0) is 13.0. The van der Waals surface area contributed by atoms with Gasteiger partial charge in [-0.3, -0.25) is 14.5 Å². The molecule has 0 aliphatic carbocycles. The van der Waals surface area contributed by atoms with Crippen molar-refractivity contribution < 1.29 is 9.59 Å². The quantitative estimate of drug-likeness (QED) is 0.729. The molecule has 1 saturated heterocycles. The van der Waals surface area contributed by atoms with Crippen LogP contribution in [0.25, 0.3) is 0 Å². The number of likely N-dealkylation sites (tertiary alicyclic amines) is 1. The predicted molar refractivity (Wildman–Crippen MR) is 71.0 cm³/mol. The van der Waals surface area contributed by atoms with Crippen molar-refractivity contribution in [3.63, 3.8) is 0 Å². The highest BCUT2D eigenvalue weighted by molar-refractivity contribution is 7.99. The summed E-state index contributed by atoms with van der Waals surface area (Å²) in [4.78, 5) is 25.2. The van der Waals surface area contributed by atoms with Gasteiger partial charge in [-0.2, -0.15) is 11.8 Å². The Balaban J connectivity index is 2.55. The number of rotatable bonds is 6. The van der Waals surface area contributed by atoms with Gasteiger partial charge in [0, 0.05) is 17.8 Å². The first-order valence-electron chi connectivity index (χ1n) is 6.13. The Bertz CT molecular complexity index is 296. The molecule has 2 amide bonds. The smallest absolute Gasteiger partial charge is 0.247 e. The summed E-state index contributed by atoms with van der Waals surface area (Å²) in [5, 5.41) is 3.64. The summed E-state index contributed by atoms with van der Waals surface area (Å²) in [6.07, 6.45) is 3.16. The molecule has 98 valence electrons. The van der Waals surface area contributed by atoms with Crippen LogP contribution in [0.2, 0.25) is 0 Å². The number of thioether (sulfide) groups is 1. The second-order valence-corrected chi connectivity index (χ2v) is 5.85. The Morgan fingerprint density at radius 3 is 2.65 bits per heavy atom. The molecule has 1 heterocycles. The Morgan fingerprint density at radius 2 is 2.12 bits per heavy atom. The van der Waals surface area contributed by atoms with Gasteiger partial charge in [0.25, 0.3) is 0 Å². The number of imide groups is 1. The van der Waals surface area contributed by atoms with Crippen LogP contribution in [-0.2, 0) is 9.59 Å². The largest absolute Gasteiger partial charge is 0.304 e. The maximum absolute atomic E-state index is 12.1. The van der Waals surface area contributed by atoms with Gasteiger partial charge in [0.15, 0.2) is 0 Å². The molecule has 1 rings (SSSR count). The summed E-state index contributed by atoms with van der Waals surface area (Å²) >= 11 is 1.75. The zero-order valence-electron chi connectivity index (χ0n) is 11.0. The first kappa shape index (κ1) is 14.5. The third-order valence-corrected chi connectivity index (χ3v) is 4.24. The molecule has 1 fully saturated rings. The van der Waals surface area contributed by atoms with E-state index in [-0.39, 0.29) is 23.9 Å². The minimum atomic E-state index is -0.314. The van der Waals surface area contributed by atoms with Gasteiger partial charge < -0.3 is 5.32 Å². The van der Waals surface area contributed by atoms with E-state index in [9.17, 15) is 9.59 Å². The Hall–Kier alpha value is -0.550. The second kappa shape index (κ2) is 6.40. The standard InChI is InChI=1S/C12H22N2O2S/c1-5-8(2)14-11(15)6-10(12(14)16)13-7-9(3)17-4/h8-10,13H,5-7H2,1-4H3. The van der Waals surface area contributed by atoms with Crippen LogP contribution < -0.4 is 5.32 Å². The van der Waals surface area contributed by atoms with E-state index < -0.39 is 0 Å². The van der Waals surface area contributed by atoms with Crippen LogP contribution >= 0.6 is 11.8 Å². The van der Waals surface area contributed by atoms with E-state index in [0.717, 1.165) is 13.0 Å². The zero-order valence-corrected chi connectivity index (χ0v) is 11.8. The van der Waals surface area contributed by atoms with Crippen molar-refractivity contribution in [2.24, 2.45) is 0 Å². The number of hydrogen-bond donors (Lipinski definition) is 1. The van der Waals surface area contributed by atoms with Gasteiger partial charge in [-0.15, -0.1) is 0 Å². The van der Waals surface area contributed by atoms with Crippen LogP contribution in [0.3, 0.4) is 0 Å². The fourth-order valence-electron chi connectivity index (χ4n) is 1.85. The molecule has 0 aromatic heterocycles. The lowest BCUT2D eigenvalue weighted by molar-refractivity contribution is -0.141. The summed E-state index contributed by atoms with van der Waals surface area (Å²) in [6, 6.07) is -0.300.